The van der Waals surface area contributed by atoms with Crippen molar-refractivity contribution in [2.45, 2.75) is 25.6 Å². The van der Waals surface area contributed by atoms with Crippen LogP contribution in [0.3, 0.4) is 0 Å². The van der Waals surface area contributed by atoms with Gasteiger partial charge in [0.15, 0.2) is 5.79 Å². The van der Waals surface area contributed by atoms with Crippen molar-refractivity contribution in [1.29, 1.82) is 0 Å². The summed E-state index contributed by atoms with van der Waals surface area (Å²) >= 11 is 6.10. The lowest BCUT2D eigenvalue weighted by Crippen LogP contribution is -2.45. The number of anilines is 2. The number of rotatable bonds is 3. The number of hydrogen-bond acceptors (Lipinski definition) is 5. The highest BCUT2D eigenvalue weighted by Crippen LogP contribution is 2.33. The van der Waals surface area contributed by atoms with E-state index in [0.717, 1.165) is 37.2 Å². The number of nitrogens with zero attached hydrogens (tertiary/aromatic N) is 2. The Labute approximate surface area is 163 Å². The Kier molecular flexibility index (Phi) is 5.04. The second-order valence-electron chi connectivity index (χ2n) is 6.86. The normalized spacial score (nSPS) is 18.7. The lowest BCUT2D eigenvalue weighted by Gasteiger charge is -2.38. The highest BCUT2D eigenvalue weighted by Gasteiger charge is 2.39. The topological polar surface area (TPSA) is 63.7 Å². The molecule has 2 aliphatic rings. The number of piperidine rings is 1. The molecule has 0 aliphatic carbocycles. The van der Waals surface area contributed by atoms with Crippen LogP contribution >= 0.6 is 11.6 Å². The number of halogens is 1. The number of carbonyl (C=O) groups excluding carboxylic acids is 1. The predicted octanol–water partition coefficient (Wildman–Crippen LogP) is 3.64. The van der Waals surface area contributed by atoms with Gasteiger partial charge in [-0.3, -0.25) is 4.79 Å². The first-order valence-corrected chi connectivity index (χ1v) is 9.50. The first kappa shape index (κ1) is 18.2. The van der Waals surface area contributed by atoms with E-state index in [-0.39, 0.29) is 5.91 Å². The third-order valence-electron chi connectivity index (χ3n) is 5.20. The second-order valence-corrected chi connectivity index (χ2v) is 7.27. The Balaban J connectivity index is 1.40. The van der Waals surface area contributed by atoms with E-state index in [1.807, 2.05) is 25.1 Å². The van der Waals surface area contributed by atoms with Gasteiger partial charge in [0.25, 0.3) is 5.91 Å². The summed E-state index contributed by atoms with van der Waals surface area (Å²) in [5.41, 5.74) is 2.89. The van der Waals surface area contributed by atoms with Crippen molar-refractivity contribution in [3.8, 4) is 0 Å². The molecule has 4 rings (SSSR count). The molecule has 3 heterocycles. The molecule has 6 nitrogen and oxygen atoms in total. The lowest BCUT2D eigenvalue weighted by molar-refractivity contribution is -0.169. The molecule has 0 radical (unpaired) electrons. The Morgan fingerprint density at radius 1 is 1.19 bits per heavy atom. The summed E-state index contributed by atoms with van der Waals surface area (Å²) in [4.78, 5) is 19.1. The maximum Gasteiger partial charge on any atom is 0.274 e. The molecule has 1 N–H and O–H groups in total. The average molecular weight is 388 g/mol. The van der Waals surface area contributed by atoms with Crippen molar-refractivity contribution >= 4 is 28.9 Å². The van der Waals surface area contributed by atoms with Crippen LogP contribution in [0.5, 0.6) is 0 Å². The SMILES string of the molecule is Cc1c(Cl)cccc1NC(=O)c1ccc(N2CCC3(CC2)OCCO3)cn1. The molecule has 2 aromatic rings. The molecule has 0 unspecified atom stereocenters. The van der Waals surface area contributed by atoms with Gasteiger partial charge in [0.05, 0.1) is 25.1 Å². The van der Waals surface area contributed by atoms with Crippen molar-refractivity contribution in [3.05, 3.63) is 52.8 Å². The molecule has 7 heteroatoms. The van der Waals surface area contributed by atoms with E-state index in [1.165, 1.54) is 0 Å². The van der Waals surface area contributed by atoms with Crippen molar-refractivity contribution < 1.29 is 14.3 Å². The van der Waals surface area contributed by atoms with Crippen LogP contribution in [-0.2, 0) is 9.47 Å². The van der Waals surface area contributed by atoms with E-state index in [2.05, 4.69) is 15.2 Å². The maximum absolute atomic E-state index is 12.5. The average Bonchev–Trinajstić information content (AvgIpc) is 3.14. The van der Waals surface area contributed by atoms with E-state index in [0.29, 0.717) is 29.6 Å². The summed E-state index contributed by atoms with van der Waals surface area (Å²) in [7, 11) is 0. The molecule has 1 aromatic heterocycles. The molecule has 0 bridgehead atoms. The number of carbonyl (C=O) groups is 1. The van der Waals surface area contributed by atoms with E-state index in [9.17, 15) is 4.79 Å². The minimum absolute atomic E-state index is 0.253. The number of benzene rings is 1. The van der Waals surface area contributed by atoms with Gasteiger partial charge in [-0.25, -0.2) is 4.98 Å². The minimum Gasteiger partial charge on any atom is -0.370 e. The van der Waals surface area contributed by atoms with Crippen LogP contribution in [0, 0.1) is 6.92 Å². The fraction of sp³-hybridized carbons (Fsp3) is 0.400. The Morgan fingerprint density at radius 2 is 1.93 bits per heavy atom. The van der Waals surface area contributed by atoms with Gasteiger partial charge in [-0.1, -0.05) is 17.7 Å². The Hall–Kier alpha value is -2.15. The van der Waals surface area contributed by atoms with Crippen LogP contribution in [0.4, 0.5) is 11.4 Å². The number of pyridine rings is 1. The van der Waals surface area contributed by atoms with Gasteiger partial charge in [0.2, 0.25) is 0 Å². The van der Waals surface area contributed by atoms with Gasteiger partial charge in [-0.15, -0.1) is 0 Å². The van der Waals surface area contributed by atoms with Gasteiger partial charge in [0.1, 0.15) is 5.69 Å². The van der Waals surface area contributed by atoms with Crippen molar-refractivity contribution in [2.75, 3.05) is 36.5 Å². The molecule has 2 aliphatic heterocycles. The fourth-order valence-corrected chi connectivity index (χ4v) is 3.70. The van der Waals surface area contributed by atoms with Gasteiger partial charge < -0.3 is 19.7 Å². The zero-order valence-corrected chi connectivity index (χ0v) is 16.0. The van der Waals surface area contributed by atoms with Crippen LogP contribution in [-0.4, -0.2) is 43.0 Å². The standard InChI is InChI=1S/C20H22ClN3O3/c1-14-16(21)3-2-4-17(14)23-19(25)18-6-5-15(13-22-18)24-9-7-20(8-10-24)26-11-12-27-20/h2-6,13H,7-12H2,1H3,(H,23,25). The highest BCUT2D eigenvalue weighted by molar-refractivity contribution is 6.31. The van der Waals surface area contributed by atoms with Crippen LogP contribution in [0.15, 0.2) is 36.5 Å². The van der Waals surface area contributed by atoms with Crippen molar-refractivity contribution in [3.63, 3.8) is 0 Å². The molecule has 2 fully saturated rings. The number of ether oxygens (including phenoxy) is 2. The summed E-state index contributed by atoms with van der Waals surface area (Å²) in [6.45, 7) is 4.91. The molecule has 0 saturated carbocycles. The summed E-state index contributed by atoms with van der Waals surface area (Å²) in [5, 5.41) is 3.49. The summed E-state index contributed by atoms with van der Waals surface area (Å²) < 4.78 is 11.5. The van der Waals surface area contributed by atoms with Crippen LogP contribution < -0.4 is 10.2 Å². The molecule has 2 saturated heterocycles. The largest absolute Gasteiger partial charge is 0.370 e. The number of amides is 1. The summed E-state index contributed by atoms with van der Waals surface area (Å²) in [5.74, 6) is -0.643. The van der Waals surface area contributed by atoms with Gasteiger partial charge >= 0.3 is 0 Å². The van der Waals surface area contributed by atoms with Gasteiger partial charge in [-0.2, -0.15) is 0 Å². The van der Waals surface area contributed by atoms with Crippen molar-refractivity contribution in [1.82, 2.24) is 4.98 Å². The van der Waals surface area contributed by atoms with Crippen LogP contribution in [0.2, 0.25) is 5.02 Å². The monoisotopic (exact) mass is 387 g/mol. The first-order valence-electron chi connectivity index (χ1n) is 9.12. The minimum atomic E-state index is -0.390. The molecule has 0 atom stereocenters. The number of hydrogen-bond donors (Lipinski definition) is 1. The fourth-order valence-electron chi connectivity index (χ4n) is 3.53. The highest BCUT2D eigenvalue weighted by atomic mass is 35.5. The predicted molar refractivity (Wildman–Crippen MR) is 104 cm³/mol. The lowest BCUT2D eigenvalue weighted by atomic mass is 10.0. The molecular weight excluding hydrogens is 366 g/mol. The molecule has 1 aromatic carbocycles. The third-order valence-corrected chi connectivity index (χ3v) is 5.61. The maximum atomic E-state index is 12.5. The summed E-state index contributed by atoms with van der Waals surface area (Å²) in [6, 6.07) is 9.11. The quantitative estimate of drug-likeness (QED) is 0.871. The van der Waals surface area contributed by atoms with Crippen LogP contribution in [0.1, 0.15) is 28.9 Å². The van der Waals surface area contributed by atoms with E-state index in [1.54, 1.807) is 18.3 Å². The van der Waals surface area contributed by atoms with E-state index in [4.69, 9.17) is 21.1 Å². The molecular formula is C20H22ClN3O3. The zero-order valence-electron chi connectivity index (χ0n) is 15.2. The molecule has 142 valence electrons. The summed E-state index contributed by atoms with van der Waals surface area (Å²) in [6.07, 6.45) is 3.42. The zero-order chi connectivity index (χ0) is 18.9. The van der Waals surface area contributed by atoms with E-state index < -0.39 is 5.79 Å². The Morgan fingerprint density at radius 3 is 2.59 bits per heavy atom. The van der Waals surface area contributed by atoms with Gasteiger partial charge in [0, 0.05) is 36.6 Å². The first-order chi connectivity index (χ1) is 13.1. The third kappa shape index (κ3) is 3.78. The molecule has 27 heavy (non-hydrogen) atoms. The second kappa shape index (κ2) is 7.46. The van der Waals surface area contributed by atoms with Crippen LogP contribution in [0.25, 0.3) is 0 Å². The number of nitrogens with one attached hydrogen (secondary N) is 1. The molecule has 1 spiro atoms. The smallest absolute Gasteiger partial charge is 0.274 e. The number of aromatic nitrogens is 1. The van der Waals surface area contributed by atoms with E-state index >= 15 is 0 Å². The van der Waals surface area contributed by atoms with Crippen molar-refractivity contribution in [2.24, 2.45) is 0 Å². The van der Waals surface area contributed by atoms with Gasteiger partial charge in [-0.05, 0) is 36.8 Å². The molecule has 1 amide bonds. The Bertz CT molecular complexity index is 825.